The van der Waals surface area contributed by atoms with Crippen LogP contribution in [0.3, 0.4) is 0 Å². The number of carbonyl (C=O) groups is 2. The number of benzene rings is 2. The first-order valence-electron chi connectivity index (χ1n) is 8.83. The minimum Gasteiger partial charge on any atom is -0.273 e. The van der Waals surface area contributed by atoms with Gasteiger partial charge in [-0.05, 0) is 23.5 Å². The zero-order valence-corrected chi connectivity index (χ0v) is 15.6. The number of nitrogens with one attached hydrogen (secondary N) is 2. The van der Waals surface area contributed by atoms with Gasteiger partial charge in [-0.15, -0.1) is 0 Å². The average Bonchev–Trinajstić information content (AvgIpc) is 3.00. The fourth-order valence-corrected chi connectivity index (χ4v) is 5.20. The van der Waals surface area contributed by atoms with Crippen molar-refractivity contribution in [3.8, 4) is 0 Å². The molecule has 0 bridgehead atoms. The highest BCUT2D eigenvalue weighted by atomic mass is 32.2. The van der Waals surface area contributed by atoms with E-state index < -0.39 is 15.8 Å². The van der Waals surface area contributed by atoms with Crippen molar-refractivity contribution < 1.29 is 18.0 Å². The van der Waals surface area contributed by atoms with Gasteiger partial charge in [-0.1, -0.05) is 60.7 Å². The summed E-state index contributed by atoms with van der Waals surface area (Å²) in [7, 11) is -3.03. The lowest BCUT2D eigenvalue weighted by molar-refractivity contribution is -0.129. The van der Waals surface area contributed by atoms with Gasteiger partial charge < -0.3 is 0 Å². The van der Waals surface area contributed by atoms with E-state index in [1.54, 1.807) is 0 Å². The quantitative estimate of drug-likeness (QED) is 0.767. The number of hydrogen-bond acceptors (Lipinski definition) is 4. The largest absolute Gasteiger partial charge is 0.273 e. The standard InChI is InChI=1S/C20H22N2O4S/c23-18(13-15-11-12-27(25,26)14-15)21-22-20(24)19(16-7-3-1-4-8-16)17-9-5-2-6-10-17/h1-10,15,19H,11-14H2,(H,21,23)(H,22,24)/t15-/m1/s1. The molecule has 6 nitrogen and oxygen atoms in total. The summed E-state index contributed by atoms with van der Waals surface area (Å²) in [6.45, 7) is 0. The van der Waals surface area contributed by atoms with Gasteiger partial charge in [-0.25, -0.2) is 8.42 Å². The summed E-state index contributed by atoms with van der Waals surface area (Å²) in [5.74, 6) is -1.32. The molecule has 0 aromatic heterocycles. The Balaban J connectivity index is 1.64. The zero-order valence-electron chi connectivity index (χ0n) is 14.8. The molecule has 0 unspecified atom stereocenters. The van der Waals surface area contributed by atoms with Crippen molar-refractivity contribution in [1.82, 2.24) is 10.9 Å². The molecule has 0 saturated carbocycles. The molecule has 1 fully saturated rings. The molecular weight excluding hydrogens is 364 g/mol. The van der Waals surface area contributed by atoms with Crippen molar-refractivity contribution in [1.29, 1.82) is 0 Å². The minimum absolute atomic E-state index is 0.0328. The van der Waals surface area contributed by atoms with Gasteiger partial charge >= 0.3 is 0 Å². The summed E-state index contributed by atoms with van der Waals surface area (Å²) in [6.07, 6.45) is 0.571. The molecule has 2 aromatic rings. The fraction of sp³-hybridized carbons (Fsp3) is 0.300. The van der Waals surface area contributed by atoms with Crippen LogP contribution in [-0.2, 0) is 19.4 Å². The van der Waals surface area contributed by atoms with E-state index in [-0.39, 0.29) is 35.7 Å². The SMILES string of the molecule is O=C(C[C@H]1CCS(=O)(=O)C1)NNC(=O)C(c1ccccc1)c1ccccc1. The van der Waals surface area contributed by atoms with Crippen molar-refractivity contribution in [3.05, 3.63) is 71.8 Å². The minimum atomic E-state index is -3.03. The number of rotatable bonds is 5. The lowest BCUT2D eigenvalue weighted by atomic mass is 9.91. The fourth-order valence-electron chi connectivity index (χ4n) is 3.34. The van der Waals surface area contributed by atoms with Crippen LogP contribution in [0.2, 0.25) is 0 Å². The molecule has 1 atom stereocenters. The third kappa shape index (κ3) is 5.17. The van der Waals surface area contributed by atoms with Crippen molar-refractivity contribution in [3.63, 3.8) is 0 Å². The summed E-state index contributed by atoms with van der Waals surface area (Å²) in [5, 5.41) is 0. The molecule has 142 valence electrons. The molecule has 2 N–H and O–H groups in total. The smallest absolute Gasteiger partial charge is 0.250 e. The number of hydrogen-bond donors (Lipinski definition) is 2. The highest BCUT2D eigenvalue weighted by molar-refractivity contribution is 7.91. The predicted octanol–water partition coefficient (Wildman–Crippen LogP) is 1.79. The second kappa shape index (κ2) is 8.35. The first-order valence-corrected chi connectivity index (χ1v) is 10.7. The maximum atomic E-state index is 12.8. The molecule has 1 aliphatic rings. The Morgan fingerprint density at radius 1 is 0.926 bits per heavy atom. The van der Waals surface area contributed by atoms with Crippen molar-refractivity contribution in [2.75, 3.05) is 11.5 Å². The van der Waals surface area contributed by atoms with Crippen LogP contribution in [0.25, 0.3) is 0 Å². The van der Waals surface area contributed by atoms with Crippen LogP contribution < -0.4 is 10.9 Å². The van der Waals surface area contributed by atoms with Gasteiger partial charge in [0.1, 0.15) is 0 Å². The van der Waals surface area contributed by atoms with E-state index in [9.17, 15) is 18.0 Å². The van der Waals surface area contributed by atoms with E-state index >= 15 is 0 Å². The van der Waals surface area contributed by atoms with Crippen molar-refractivity contribution in [2.45, 2.75) is 18.8 Å². The highest BCUT2D eigenvalue weighted by Crippen LogP contribution is 2.24. The highest BCUT2D eigenvalue weighted by Gasteiger charge is 2.30. The average molecular weight is 386 g/mol. The van der Waals surface area contributed by atoms with Crippen molar-refractivity contribution in [2.24, 2.45) is 5.92 Å². The molecule has 0 radical (unpaired) electrons. The molecule has 0 spiro atoms. The second-order valence-electron chi connectivity index (χ2n) is 6.76. The molecule has 0 aliphatic carbocycles. The second-order valence-corrected chi connectivity index (χ2v) is 8.99. The maximum Gasteiger partial charge on any atom is 0.250 e. The van der Waals surface area contributed by atoms with Gasteiger partial charge in [0.2, 0.25) is 11.8 Å². The van der Waals surface area contributed by atoms with Crippen LogP contribution in [0.1, 0.15) is 29.9 Å². The van der Waals surface area contributed by atoms with E-state index in [1.165, 1.54) is 0 Å². The molecule has 1 saturated heterocycles. The summed E-state index contributed by atoms with van der Waals surface area (Å²) >= 11 is 0. The number of hydrazine groups is 1. The summed E-state index contributed by atoms with van der Waals surface area (Å²) in [4.78, 5) is 24.9. The normalized spacial score (nSPS) is 18.2. The summed E-state index contributed by atoms with van der Waals surface area (Å²) in [6, 6.07) is 18.6. The van der Waals surface area contributed by atoms with Gasteiger partial charge in [0.15, 0.2) is 9.84 Å². The molecule has 3 rings (SSSR count). The third-order valence-corrected chi connectivity index (χ3v) is 6.49. The van der Waals surface area contributed by atoms with E-state index in [0.29, 0.717) is 6.42 Å². The molecule has 1 heterocycles. The summed E-state index contributed by atoms with van der Waals surface area (Å²) in [5.41, 5.74) is 6.54. The van der Waals surface area contributed by atoms with Gasteiger partial charge in [-0.2, -0.15) is 0 Å². The predicted molar refractivity (Wildman–Crippen MR) is 102 cm³/mol. The van der Waals surface area contributed by atoms with E-state index in [2.05, 4.69) is 10.9 Å². The lowest BCUT2D eigenvalue weighted by Gasteiger charge is -2.18. The number of sulfone groups is 1. The Labute approximate surface area is 158 Å². The number of carbonyl (C=O) groups excluding carboxylic acids is 2. The summed E-state index contributed by atoms with van der Waals surface area (Å²) < 4.78 is 23.0. The van der Waals surface area contributed by atoms with Crippen LogP contribution >= 0.6 is 0 Å². The molecular formula is C20H22N2O4S. The topological polar surface area (TPSA) is 92.3 Å². The Morgan fingerprint density at radius 3 is 1.96 bits per heavy atom. The van der Waals surface area contributed by atoms with Crippen LogP contribution in [0.4, 0.5) is 0 Å². The van der Waals surface area contributed by atoms with E-state index in [4.69, 9.17) is 0 Å². The zero-order chi connectivity index (χ0) is 19.3. The lowest BCUT2D eigenvalue weighted by Crippen LogP contribution is -2.44. The number of amides is 2. The molecule has 1 aliphatic heterocycles. The monoisotopic (exact) mass is 386 g/mol. The maximum absolute atomic E-state index is 12.8. The molecule has 2 aromatic carbocycles. The van der Waals surface area contributed by atoms with Crippen LogP contribution in [0.5, 0.6) is 0 Å². The van der Waals surface area contributed by atoms with Crippen molar-refractivity contribution >= 4 is 21.7 Å². The van der Waals surface area contributed by atoms with E-state index in [1.807, 2.05) is 60.7 Å². The van der Waals surface area contributed by atoms with Gasteiger partial charge in [-0.3, -0.25) is 20.4 Å². The first kappa shape index (κ1) is 19.1. The van der Waals surface area contributed by atoms with Gasteiger partial charge in [0.05, 0.1) is 17.4 Å². The van der Waals surface area contributed by atoms with Crippen LogP contribution in [-0.4, -0.2) is 31.7 Å². The van der Waals surface area contributed by atoms with E-state index in [0.717, 1.165) is 11.1 Å². The Hall–Kier alpha value is -2.67. The van der Waals surface area contributed by atoms with Gasteiger partial charge in [0.25, 0.3) is 0 Å². The molecule has 27 heavy (non-hydrogen) atoms. The Morgan fingerprint density at radius 2 is 1.48 bits per heavy atom. The van der Waals surface area contributed by atoms with Gasteiger partial charge in [0, 0.05) is 6.42 Å². The van der Waals surface area contributed by atoms with Crippen LogP contribution in [0, 0.1) is 5.92 Å². The Kier molecular flexibility index (Phi) is 5.91. The van der Waals surface area contributed by atoms with Crippen LogP contribution in [0.15, 0.2) is 60.7 Å². The molecule has 2 amide bonds. The molecule has 7 heteroatoms. The third-order valence-electron chi connectivity index (χ3n) is 4.65. The Bertz CT molecular complexity index is 859. The first-order chi connectivity index (χ1) is 12.9.